The van der Waals surface area contributed by atoms with Crippen LogP contribution in [0.5, 0.6) is 5.75 Å². The number of hydrogen-bond donors (Lipinski definition) is 1. The van der Waals surface area contributed by atoms with Crippen LogP contribution in [-0.2, 0) is 10.0 Å². The van der Waals surface area contributed by atoms with Crippen LogP contribution in [0.3, 0.4) is 0 Å². The quantitative estimate of drug-likeness (QED) is 0.901. The van der Waals surface area contributed by atoms with Crippen molar-refractivity contribution in [1.29, 1.82) is 0 Å². The first-order chi connectivity index (χ1) is 11.5. The second kappa shape index (κ2) is 6.73. The third-order valence-electron chi connectivity index (χ3n) is 4.23. The number of methoxy groups -OCH3 is 1. The Bertz CT molecular complexity index is 811. The molecule has 0 spiro atoms. The maximum absolute atomic E-state index is 12.6. The maximum atomic E-state index is 12.6. The van der Waals surface area contributed by atoms with Gasteiger partial charge in [0.15, 0.2) is 0 Å². The first kappa shape index (κ1) is 16.6. The molecule has 2 aromatic rings. The largest absolute Gasteiger partial charge is 0.495 e. The van der Waals surface area contributed by atoms with E-state index in [2.05, 4.69) is 9.62 Å². The lowest BCUT2D eigenvalue weighted by Gasteiger charge is -2.20. The number of ether oxygens (including phenoxy) is 1. The van der Waals surface area contributed by atoms with E-state index in [0.717, 1.165) is 37.2 Å². The molecule has 2 aromatic carbocycles. The van der Waals surface area contributed by atoms with Crippen LogP contribution in [0.2, 0.25) is 0 Å². The van der Waals surface area contributed by atoms with Gasteiger partial charge in [-0.2, -0.15) is 0 Å². The van der Waals surface area contributed by atoms with Gasteiger partial charge in [-0.25, -0.2) is 8.42 Å². The molecule has 1 aliphatic rings. The minimum Gasteiger partial charge on any atom is -0.495 e. The monoisotopic (exact) mass is 346 g/mol. The number of hydrogen-bond acceptors (Lipinski definition) is 4. The second-order valence-corrected chi connectivity index (χ2v) is 7.68. The fourth-order valence-electron chi connectivity index (χ4n) is 2.87. The summed E-state index contributed by atoms with van der Waals surface area (Å²) in [4.78, 5) is 2.49. The SMILES string of the molecule is COc1ccc(N2CCCC2)cc1NS(=O)(=O)c1ccc(C)cc1. The van der Waals surface area contributed by atoms with E-state index in [0.29, 0.717) is 11.4 Å². The normalized spacial score (nSPS) is 14.7. The lowest BCUT2D eigenvalue weighted by molar-refractivity contribution is 0.417. The molecule has 5 nitrogen and oxygen atoms in total. The molecule has 1 fully saturated rings. The van der Waals surface area contributed by atoms with Gasteiger partial charge in [-0.05, 0) is 50.1 Å². The predicted octanol–water partition coefficient (Wildman–Crippen LogP) is 3.40. The molecule has 0 atom stereocenters. The van der Waals surface area contributed by atoms with Crippen LogP contribution < -0.4 is 14.4 Å². The Morgan fingerprint density at radius 1 is 1.04 bits per heavy atom. The lowest BCUT2D eigenvalue weighted by Crippen LogP contribution is -2.18. The molecule has 0 saturated carbocycles. The van der Waals surface area contributed by atoms with E-state index in [4.69, 9.17) is 4.74 Å². The van der Waals surface area contributed by atoms with Crippen LogP contribution in [0.1, 0.15) is 18.4 Å². The molecular formula is C18H22N2O3S. The summed E-state index contributed by atoms with van der Waals surface area (Å²) < 4.78 is 33.2. The first-order valence-corrected chi connectivity index (χ1v) is 9.50. The third-order valence-corrected chi connectivity index (χ3v) is 5.61. The van der Waals surface area contributed by atoms with Gasteiger partial charge < -0.3 is 9.64 Å². The highest BCUT2D eigenvalue weighted by Crippen LogP contribution is 2.32. The summed E-state index contributed by atoms with van der Waals surface area (Å²) >= 11 is 0. The average molecular weight is 346 g/mol. The summed E-state index contributed by atoms with van der Waals surface area (Å²) in [5.41, 5.74) is 2.49. The van der Waals surface area contributed by atoms with Crippen molar-refractivity contribution in [2.24, 2.45) is 0 Å². The summed E-state index contributed by atoms with van der Waals surface area (Å²) in [6, 6.07) is 12.4. The number of sulfonamides is 1. The van der Waals surface area contributed by atoms with Crippen LogP contribution in [0, 0.1) is 6.92 Å². The summed E-state index contributed by atoms with van der Waals surface area (Å²) in [5, 5.41) is 0. The van der Waals surface area contributed by atoms with E-state index in [1.54, 1.807) is 30.3 Å². The minimum absolute atomic E-state index is 0.238. The summed E-state index contributed by atoms with van der Waals surface area (Å²) in [6.45, 7) is 3.92. The van der Waals surface area contributed by atoms with E-state index in [1.807, 2.05) is 19.1 Å². The van der Waals surface area contributed by atoms with Crippen molar-refractivity contribution >= 4 is 21.4 Å². The molecule has 0 bridgehead atoms. The van der Waals surface area contributed by atoms with Crippen molar-refractivity contribution < 1.29 is 13.2 Å². The highest BCUT2D eigenvalue weighted by atomic mass is 32.2. The van der Waals surface area contributed by atoms with Crippen molar-refractivity contribution in [2.45, 2.75) is 24.7 Å². The Morgan fingerprint density at radius 3 is 2.33 bits per heavy atom. The minimum atomic E-state index is -3.65. The molecule has 128 valence electrons. The number of nitrogens with one attached hydrogen (secondary N) is 1. The zero-order valence-corrected chi connectivity index (χ0v) is 14.8. The van der Waals surface area contributed by atoms with Crippen molar-refractivity contribution in [2.75, 3.05) is 29.8 Å². The van der Waals surface area contributed by atoms with E-state index in [-0.39, 0.29) is 4.90 Å². The number of aryl methyl sites for hydroxylation is 1. The summed E-state index contributed by atoms with van der Waals surface area (Å²) in [5.74, 6) is 0.508. The first-order valence-electron chi connectivity index (χ1n) is 8.02. The molecule has 1 saturated heterocycles. The zero-order chi connectivity index (χ0) is 17.2. The Kier molecular flexibility index (Phi) is 4.66. The van der Waals surface area contributed by atoms with Crippen LogP contribution >= 0.6 is 0 Å². The van der Waals surface area contributed by atoms with Crippen LogP contribution in [0.15, 0.2) is 47.4 Å². The Hall–Kier alpha value is -2.21. The van der Waals surface area contributed by atoms with Crippen molar-refractivity contribution in [3.63, 3.8) is 0 Å². The van der Waals surface area contributed by atoms with Gasteiger partial charge in [0.1, 0.15) is 5.75 Å². The Morgan fingerprint density at radius 2 is 1.71 bits per heavy atom. The lowest BCUT2D eigenvalue weighted by atomic mass is 10.2. The van der Waals surface area contributed by atoms with Gasteiger partial charge >= 0.3 is 0 Å². The Balaban J connectivity index is 1.92. The van der Waals surface area contributed by atoms with Gasteiger partial charge in [0.25, 0.3) is 10.0 Å². The molecule has 0 aliphatic carbocycles. The number of benzene rings is 2. The molecule has 0 unspecified atom stereocenters. The molecule has 6 heteroatoms. The standard InChI is InChI=1S/C18H22N2O3S/c1-14-5-8-16(9-6-14)24(21,22)19-17-13-15(7-10-18(17)23-2)20-11-3-4-12-20/h5-10,13,19H,3-4,11-12H2,1-2H3. The molecular weight excluding hydrogens is 324 g/mol. The third kappa shape index (κ3) is 3.48. The molecule has 0 radical (unpaired) electrons. The van der Waals surface area contributed by atoms with Gasteiger partial charge in [0.05, 0.1) is 17.7 Å². The van der Waals surface area contributed by atoms with Crippen LogP contribution in [0.25, 0.3) is 0 Å². The fourth-order valence-corrected chi connectivity index (χ4v) is 3.93. The molecule has 0 aromatic heterocycles. The van der Waals surface area contributed by atoms with Crippen LogP contribution in [-0.4, -0.2) is 28.6 Å². The Labute approximate surface area is 143 Å². The second-order valence-electron chi connectivity index (χ2n) is 6.00. The molecule has 24 heavy (non-hydrogen) atoms. The highest BCUT2D eigenvalue weighted by molar-refractivity contribution is 7.92. The van der Waals surface area contributed by atoms with E-state index < -0.39 is 10.0 Å². The summed E-state index contributed by atoms with van der Waals surface area (Å²) in [6.07, 6.45) is 2.33. The van der Waals surface area contributed by atoms with Gasteiger partial charge in [-0.15, -0.1) is 0 Å². The van der Waals surface area contributed by atoms with Gasteiger partial charge in [0.2, 0.25) is 0 Å². The van der Waals surface area contributed by atoms with Crippen LogP contribution in [0.4, 0.5) is 11.4 Å². The molecule has 0 amide bonds. The smallest absolute Gasteiger partial charge is 0.262 e. The van der Waals surface area contributed by atoms with E-state index in [9.17, 15) is 8.42 Å². The van der Waals surface area contributed by atoms with E-state index in [1.165, 1.54) is 7.11 Å². The van der Waals surface area contributed by atoms with Gasteiger partial charge in [-0.1, -0.05) is 17.7 Å². The van der Waals surface area contributed by atoms with Crippen molar-refractivity contribution in [3.8, 4) is 5.75 Å². The topological polar surface area (TPSA) is 58.6 Å². The maximum Gasteiger partial charge on any atom is 0.262 e. The zero-order valence-electron chi connectivity index (χ0n) is 14.0. The van der Waals surface area contributed by atoms with Gasteiger partial charge in [-0.3, -0.25) is 4.72 Å². The molecule has 1 heterocycles. The van der Waals surface area contributed by atoms with E-state index >= 15 is 0 Å². The van der Waals surface area contributed by atoms with Crippen molar-refractivity contribution in [3.05, 3.63) is 48.0 Å². The highest BCUT2D eigenvalue weighted by Gasteiger charge is 2.19. The van der Waals surface area contributed by atoms with Crippen molar-refractivity contribution in [1.82, 2.24) is 0 Å². The molecule has 1 N–H and O–H groups in total. The summed E-state index contributed by atoms with van der Waals surface area (Å²) in [7, 11) is -2.12. The molecule has 1 aliphatic heterocycles. The average Bonchev–Trinajstić information content (AvgIpc) is 3.09. The number of rotatable bonds is 5. The fraction of sp³-hybridized carbons (Fsp3) is 0.333. The number of nitrogens with zero attached hydrogens (tertiary/aromatic N) is 1. The molecule has 3 rings (SSSR count). The number of anilines is 2. The van der Waals surface area contributed by atoms with Gasteiger partial charge in [0, 0.05) is 18.8 Å². The predicted molar refractivity (Wildman–Crippen MR) is 96.4 cm³/mol.